The molecule has 0 aliphatic carbocycles. The first-order valence-corrected chi connectivity index (χ1v) is 14.0. The second-order valence-corrected chi connectivity index (χ2v) is 9.83. The minimum absolute atomic E-state index is 0.186. The van der Waals surface area contributed by atoms with E-state index in [1.807, 2.05) is 6.92 Å². The number of carbonyl (C=O) groups is 2. The zero-order chi connectivity index (χ0) is 25.7. The predicted molar refractivity (Wildman–Crippen MR) is 127 cm³/mol. The lowest BCUT2D eigenvalue weighted by atomic mass is 10.1. The normalized spacial score (nSPS) is 14.9. The van der Waals surface area contributed by atoms with Crippen molar-refractivity contribution in [1.29, 1.82) is 0 Å². The average molecular weight is 513 g/mol. The summed E-state index contributed by atoms with van der Waals surface area (Å²) in [6, 6.07) is 0. The van der Waals surface area contributed by atoms with Crippen LogP contribution in [-0.4, -0.2) is 65.7 Å². The van der Waals surface area contributed by atoms with Gasteiger partial charge in [0, 0.05) is 12.8 Å². The summed E-state index contributed by atoms with van der Waals surface area (Å²) >= 11 is 0. The number of hydrogen-bond donors (Lipinski definition) is 3. The lowest BCUT2D eigenvalue weighted by Crippen LogP contribution is -2.29. The van der Waals surface area contributed by atoms with Gasteiger partial charge in [0.15, 0.2) is 6.10 Å². The van der Waals surface area contributed by atoms with Crippen molar-refractivity contribution in [2.24, 2.45) is 0 Å². The predicted octanol–water partition coefficient (Wildman–Crippen LogP) is 4.04. The van der Waals surface area contributed by atoms with Crippen LogP contribution in [0.3, 0.4) is 0 Å². The molecule has 0 aliphatic heterocycles. The number of phosphoric acid groups is 1. The third-order valence-corrected chi connectivity index (χ3v) is 5.96. The molecule has 0 rings (SSSR count). The topological polar surface area (TPSA) is 149 Å². The fraction of sp³-hybridized carbons (Fsp3) is 0.913. The number of rotatable bonds is 23. The maximum Gasteiger partial charge on any atom is 0.472 e. The van der Waals surface area contributed by atoms with E-state index in [0.29, 0.717) is 12.8 Å². The van der Waals surface area contributed by atoms with Crippen molar-refractivity contribution in [3.8, 4) is 0 Å². The Hall–Kier alpha value is -1.03. The molecule has 34 heavy (non-hydrogen) atoms. The van der Waals surface area contributed by atoms with E-state index in [1.165, 1.54) is 25.7 Å². The Morgan fingerprint density at radius 2 is 1.26 bits per heavy atom. The number of aliphatic hydroxyl groups excluding tert-OH is 2. The zero-order valence-electron chi connectivity index (χ0n) is 20.8. The Morgan fingerprint density at radius 3 is 1.88 bits per heavy atom. The number of ether oxygens (including phenoxy) is 2. The summed E-state index contributed by atoms with van der Waals surface area (Å²) in [6.45, 7) is 2.08. The molecule has 11 heteroatoms. The highest BCUT2D eigenvalue weighted by Crippen LogP contribution is 2.43. The number of esters is 2. The molecule has 0 radical (unpaired) electrons. The van der Waals surface area contributed by atoms with E-state index in [1.54, 1.807) is 0 Å². The van der Waals surface area contributed by atoms with Crippen LogP contribution >= 0.6 is 7.82 Å². The summed E-state index contributed by atoms with van der Waals surface area (Å²) < 4.78 is 31.8. The lowest BCUT2D eigenvalue weighted by molar-refractivity contribution is -0.161. The van der Waals surface area contributed by atoms with Crippen LogP contribution in [0.2, 0.25) is 0 Å². The second kappa shape index (κ2) is 21.3. The highest BCUT2D eigenvalue weighted by Gasteiger charge is 2.27. The Bertz CT molecular complexity index is 572. The van der Waals surface area contributed by atoms with Crippen LogP contribution in [0, 0.1) is 0 Å². The van der Waals surface area contributed by atoms with Crippen molar-refractivity contribution in [2.45, 2.75) is 110 Å². The van der Waals surface area contributed by atoms with Crippen molar-refractivity contribution < 1.29 is 47.8 Å². The van der Waals surface area contributed by atoms with Gasteiger partial charge in [0.25, 0.3) is 0 Å². The molecule has 0 saturated carbocycles. The van der Waals surface area contributed by atoms with Gasteiger partial charge in [-0.1, -0.05) is 71.6 Å². The Balaban J connectivity index is 4.52. The minimum atomic E-state index is -4.57. The molecule has 0 heterocycles. The molecule has 0 amide bonds. The van der Waals surface area contributed by atoms with Gasteiger partial charge in [-0.05, 0) is 12.8 Å². The highest BCUT2D eigenvalue weighted by atomic mass is 31.2. The molecule has 10 nitrogen and oxygen atoms in total. The molecular weight excluding hydrogens is 467 g/mol. The van der Waals surface area contributed by atoms with Crippen LogP contribution in [0.5, 0.6) is 0 Å². The number of carbonyl (C=O) groups excluding carboxylic acids is 2. The van der Waals surface area contributed by atoms with Crippen LogP contribution in [0.4, 0.5) is 0 Å². The first kappa shape index (κ1) is 33.0. The summed E-state index contributed by atoms with van der Waals surface area (Å²) in [5.74, 6) is -0.960. The molecule has 202 valence electrons. The standard InChI is InChI=1S/C23H45O10P/c1-3-5-7-8-9-10-11-13-15-23(27)33-21(18-30-22(26)14-12-6-4-2)19-32-34(28,29)31-17-20(25)16-24/h20-21,24-25H,3-19H2,1-2H3,(H,28,29). The number of phosphoric ester groups is 1. The minimum Gasteiger partial charge on any atom is -0.462 e. The molecule has 0 aromatic rings. The van der Waals surface area contributed by atoms with Gasteiger partial charge in [-0.25, -0.2) is 4.57 Å². The average Bonchev–Trinajstić information content (AvgIpc) is 2.81. The van der Waals surface area contributed by atoms with Crippen LogP contribution in [0.25, 0.3) is 0 Å². The fourth-order valence-corrected chi connectivity index (χ4v) is 3.78. The molecule has 0 fully saturated rings. The van der Waals surface area contributed by atoms with Gasteiger partial charge < -0.3 is 24.6 Å². The van der Waals surface area contributed by atoms with E-state index in [9.17, 15) is 24.2 Å². The second-order valence-electron chi connectivity index (χ2n) is 8.37. The molecule has 0 aromatic heterocycles. The highest BCUT2D eigenvalue weighted by molar-refractivity contribution is 7.47. The van der Waals surface area contributed by atoms with Crippen LogP contribution in [-0.2, 0) is 32.7 Å². The molecule has 0 saturated heterocycles. The van der Waals surface area contributed by atoms with E-state index < -0.39 is 51.8 Å². The third-order valence-electron chi connectivity index (χ3n) is 5.01. The van der Waals surface area contributed by atoms with Crippen molar-refractivity contribution in [3.63, 3.8) is 0 Å². The Labute approximate surface area is 203 Å². The van der Waals surface area contributed by atoms with Gasteiger partial charge in [-0.15, -0.1) is 0 Å². The largest absolute Gasteiger partial charge is 0.472 e. The maximum atomic E-state index is 12.2. The van der Waals surface area contributed by atoms with E-state index >= 15 is 0 Å². The van der Waals surface area contributed by atoms with Gasteiger partial charge in [0.05, 0.1) is 19.8 Å². The van der Waals surface area contributed by atoms with Crippen molar-refractivity contribution in [2.75, 3.05) is 26.4 Å². The molecule has 0 aromatic carbocycles. The third kappa shape index (κ3) is 20.4. The van der Waals surface area contributed by atoms with E-state index in [4.69, 9.17) is 19.1 Å². The van der Waals surface area contributed by atoms with Gasteiger partial charge >= 0.3 is 19.8 Å². The van der Waals surface area contributed by atoms with E-state index in [2.05, 4.69) is 11.4 Å². The Morgan fingerprint density at radius 1 is 0.765 bits per heavy atom. The molecule has 3 N–H and O–H groups in total. The fourth-order valence-electron chi connectivity index (χ4n) is 2.99. The summed E-state index contributed by atoms with van der Waals surface area (Å²) in [6.07, 6.45) is 9.14. The molecule has 0 spiro atoms. The summed E-state index contributed by atoms with van der Waals surface area (Å²) in [5, 5.41) is 18.0. The number of hydrogen-bond acceptors (Lipinski definition) is 9. The van der Waals surface area contributed by atoms with Crippen molar-refractivity contribution in [3.05, 3.63) is 0 Å². The van der Waals surface area contributed by atoms with Crippen LogP contribution in [0.1, 0.15) is 97.3 Å². The van der Waals surface area contributed by atoms with Gasteiger partial charge in [-0.2, -0.15) is 0 Å². The summed E-state index contributed by atoms with van der Waals surface area (Å²) in [4.78, 5) is 33.8. The molecule has 3 unspecified atom stereocenters. The molecule has 0 aliphatic rings. The molecule has 0 bridgehead atoms. The van der Waals surface area contributed by atoms with Gasteiger partial charge in [-0.3, -0.25) is 18.6 Å². The van der Waals surface area contributed by atoms with E-state index in [-0.39, 0.29) is 19.4 Å². The van der Waals surface area contributed by atoms with Gasteiger partial charge in [0.2, 0.25) is 0 Å². The Kier molecular flexibility index (Phi) is 20.6. The van der Waals surface area contributed by atoms with Gasteiger partial charge in [0.1, 0.15) is 12.7 Å². The number of aliphatic hydroxyl groups is 2. The quantitative estimate of drug-likeness (QED) is 0.104. The first-order chi connectivity index (χ1) is 16.2. The van der Waals surface area contributed by atoms with Crippen molar-refractivity contribution >= 4 is 19.8 Å². The van der Waals surface area contributed by atoms with Crippen molar-refractivity contribution in [1.82, 2.24) is 0 Å². The SMILES string of the molecule is CCCCCCCCCCC(=O)OC(COC(=O)CCCCC)COP(=O)(O)OCC(O)CO. The monoisotopic (exact) mass is 512 g/mol. The number of unbranched alkanes of at least 4 members (excludes halogenated alkanes) is 9. The molecule has 3 atom stereocenters. The maximum absolute atomic E-state index is 12.2. The first-order valence-electron chi connectivity index (χ1n) is 12.5. The summed E-state index contributed by atoms with van der Waals surface area (Å²) in [5.41, 5.74) is 0. The van der Waals surface area contributed by atoms with E-state index in [0.717, 1.165) is 32.1 Å². The summed E-state index contributed by atoms with van der Waals surface area (Å²) in [7, 11) is -4.57. The zero-order valence-corrected chi connectivity index (χ0v) is 21.7. The smallest absolute Gasteiger partial charge is 0.462 e. The molecular formula is C23H45O10P. The van der Waals surface area contributed by atoms with Crippen LogP contribution in [0.15, 0.2) is 0 Å². The van der Waals surface area contributed by atoms with Crippen LogP contribution < -0.4 is 0 Å². The lowest BCUT2D eigenvalue weighted by Gasteiger charge is -2.20.